The van der Waals surface area contributed by atoms with E-state index in [4.69, 9.17) is 4.74 Å². The molecule has 0 atom stereocenters. The van der Waals surface area contributed by atoms with Crippen molar-refractivity contribution < 1.29 is 9.53 Å². The van der Waals surface area contributed by atoms with Gasteiger partial charge in [-0.1, -0.05) is 53.8 Å². The van der Waals surface area contributed by atoms with Gasteiger partial charge in [-0.2, -0.15) is 0 Å². The summed E-state index contributed by atoms with van der Waals surface area (Å²) in [5.41, 5.74) is 2.21. The van der Waals surface area contributed by atoms with Crippen LogP contribution >= 0.6 is 11.3 Å². The summed E-state index contributed by atoms with van der Waals surface area (Å²) in [6.45, 7) is 1.07. The number of ether oxygens (including phenoxy) is 1. The summed E-state index contributed by atoms with van der Waals surface area (Å²) in [6.07, 6.45) is 2.52. The first-order valence-electron chi connectivity index (χ1n) is 8.01. The Kier molecular flexibility index (Phi) is 6.01. The average Bonchev–Trinajstić information content (AvgIpc) is 3.15. The standard InChI is InChI=1S/C19H19N3O2S/c23-18(20-11-10-15-4-2-1-3-5-15)22-14-16-6-8-17(9-7-16)24-19-21-12-13-25-19/h1-9,12-13H,10-11,14H2,(H2,20,22,23). The Bertz CT molecular complexity index is 774. The lowest BCUT2D eigenvalue weighted by atomic mass is 10.1. The molecule has 3 aromatic rings. The summed E-state index contributed by atoms with van der Waals surface area (Å²) in [6, 6.07) is 17.5. The number of hydrogen-bond donors (Lipinski definition) is 2. The molecule has 0 saturated heterocycles. The summed E-state index contributed by atoms with van der Waals surface area (Å²) in [5, 5.41) is 8.19. The van der Waals surface area contributed by atoms with Crippen molar-refractivity contribution in [3.8, 4) is 10.9 Å². The third-order valence-electron chi connectivity index (χ3n) is 3.53. The van der Waals surface area contributed by atoms with Gasteiger partial charge in [0.1, 0.15) is 5.75 Å². The first-order chi connectivity index (χ1) is 12.3. The van der Waals surface area contributed by atoms with E-state index in [-0.39, 0.29) is 6.03 Å². The summed E-state index contributed by atoms with van der Waals surface area (Å²) in [5.74, 6) is 0.728. The maximum absolute atomic E-state index is 11.8. The molecule has 0 unspecified atom stereocenters. The molecule has 1 aromatic heterocycles. The van der Waals surface area contributed by atoms with Crippen LogP contribution in [0.1, 0.15) is 11.1 Å². The Labute approximate surface area is 150 Å². The second-order valence-corrected chi connectivity index (χ2v) is 6.25. The van der Waals surface area contributed by atoms with E-state index in [1.165, 1.54) is 16.9 Å². The molecule has 128 valence electrons. The minimum atomic E-state index is -0.168. The highest BCUT2D eigenvalue weighted by Crippen LogP contribution is 2.23. The SMILES string of the molecule is O=C(NCCc1ccccc1)NCc1ccc(Oc2nccs2)cc1. The van der Waals surface area contributed by atoms with Gasteiger partial charge in [-0.25, -0.2) is 9.78 Å². The molecule has 0 saturated carbocycles. The maximum Gasteiger partial charge on any atom is 0.315 e. The molecule has 0 aliphatic rings. The van der Waals surface area contributed by atoms with Crippen molar-refractivity contribution in [1.82, 2.24) is 15.6 Å². The van der Waals surface area contributed by atoms with Gasteiger partial charge < -0.3 is 15.4 Å². The molecular weight excluding hydrogens is 334 g/mol. The molecule has 0 spiro atoms. The first kappa shape index (κ1) is 17.0. The normalized spacial score (nSPS) is 10.2. The summed E-state index contributed by atoms with van der Waals surface area (Å²) in [7, 11) is 0. The number of hydrogen-bond acceptors (Lipinski definition) is 4. The quantitative estimate of drug-likeness (QED) is 0.675. The van der Waals surface area contributed by atoms with Crippen molar-refractivity contribution in [2.24, 2.45) is 0 Å². The van der Waals surface area contributed by atoms with Crippen LogP contribution in [0.2, 0.25) is 0 Å². The topological polar surface area (TPSA) is 63.2 Å². The Balaban J connectivity index is 1.38. The van der Waals surface area contributed by atoms with Crippen molar-refractivity contribution in [1.29, 1.82) is 0 Å². The number of thiazole rings is 1. The van der Waals surface area contributed by atoms with Crippen LogP contribution in [0.3, 0.4) is 0 Å². The van der Waals surface area contributed by atoms with Gasteiger partial charge in [0.15, 0.2) is 0 Å². The van der Waals surface area contributed by atoms with Gasteiger partial charge in [0.25, 0.3) is 5.19 Å². The largest absolute Gasteiger partial charge is 0.431 e. The number of aromatic nitrogens is 1. The van der Waals surface area contributed by atoms with Crippen molar-refractivity contribution >= 4 is 17.4 Å². The Morgan fingerprint density at radius 1 is 1.00 bits per heavy atom. The van der Waals surface area contributed by atoms with Crippen LogP contribution < -0.4 is 15.4 Å². The molecule has 6 heteroatoms. The molecule has 0 fully saturated rings. The van der Waals surface area contributed by atoms with Gasteiger partial charge in [-0.05, 0) is 29.7 Å². The van der Waals surface area contributed by atoms with Crippen molar-refractivity contribution in [3.63, 3.8) is 0 Å². The van der Waals surface area contributed by atoms with Crippen LogP contribution in [0, 0.1) is 0 Å². The van der Waals surface area contributed by atoms with Gasteiger partial charge in [0.05, 0.1) is 0 Å². The molecule has 2 aromatic carbocycles. The molecule has 0 bridgehead atoms. The molecule has 0 aliphatic heterocycles. The Morgan fingerprint density at radius 3 is 2.52 bits per heavy atom. The fourth-order valence-electron chi connectivity index (χ4n) is 2.25. The van der Waals surface area contributed by atoms with E-state index in [1.807, 2.05) is 47.8 Å². The first-order valence-corrected chi connectivity index (χ1v) is 8.89. The number of nitrogens with zero attached hydrogens (tertiary/aromatic N) is 1. The minimum Gasteiger partial charge on any atom is -0.431 e. The minimum absolute atomic E-state index is 0.168. The Hall–Kier alpha value is -2.86. The van der Waals surface area contributed by atoms with Gasteiger partial charge in [-0.3, -0.25) is 0 Å². The van der Waals surface area contributed by atoms with Gasteiger partial charge in [0, 0.05) is 24.7 Å². The van der Waals surface area contributed by atoms with Crippen molar-refractivity contribution in [2.75, 3.05) is 6.54 Å². The molecule has 3 rings (SSSR count). The number of rotatable bonds is 7. The van der Waals surface area contributed by atoms with E-state index in [0.717, 1.165) is 17.7 Å². The summed E-state index contributed by atoms with van der Waals surface area (Å²) < 4.78 is 5.60. The van der Waals surface area contributed by atoms with E-state index < -0.39 is 0 Å². The maximum atomic E-state index is 11.8. The van der Waals surface area contributed by atoms with Crippen LogP contribution in [-0.2, 0) is 13.0 Å². The molecule has 2 N–H and O–H groups in total. The van der Waals surface area contributed by atoms with Crippen LogP contribution in [-0.4, -0.2) is 17.6 Å². The summed E-state index contributed by atoms with van der Waals surface area (Å²) >= 11 is 1.44. The van der Waals surface area contributed by atoms with Crippen LogP contribution in [0.5, 0.6) is 10.9 Å². The van der Waals surface area contributed by atoms with E-state index in [1.54, 1.807) is 6.20 Å². The van der Waals surface area contributed by atoms with Crippen LogP contribution in [0.4, 0.5) is 4.79 Å². The third-order valence-corrected chi connectivity index (χ3v) is 4.18. The lowest BCUT2D eigenvalue weighted by Crippen LogP contribution is -2.36. The number of carbonyl (C=O) groups excluding carboxylic acids is 1. The highest BCUT2D eigenvalue weighted by molar-refractivity contribution is 7.11. The summed E-state index contributed by atoms with van der Waals surface area (Å²) in [4.78, 5) is 15.9. The molecule has 25 heavy (non-hydrogen) atoms. The van der Waals surface area contributed by atoms with Gasteiger partial charge >= 0.3 is 6.03 Å². The molecule has 2 amide bonds. The van der Waals surface area contributed by atoms with E-state index in [0.29, 0.717) is 18.3 Å². The van der Waals surface area contributed by atoms with E-state index in [2.05, 4.69) is 27.8 Å². The predicted octanol–water partition coefficient (Wildman–Crippen LogP) is 3.98. The van der Waals surface area contributed by atoms with E-state index in [9.17, 15) is 4.79 Å². The van der Waals surface area contributed by atoms with Gasteiger partial charge in [0.2, 0.25) is 0 Å². The molecule has 5 nitrogen and oxygen atoms in total. The molecule has 1 heterocycles. The second kappa shape index (κ2) is 8.84. The molecular formula is C19H19N3O2S. The Morgan fingerprint density at radius 2 is 1.80 bits per heavy atom. The van der Waals surface area contributed by atoms with E-state index >= 15 is 0 Å². The fourth-order valence-corrected chi connectivity index (χ4v) is 2.75. The number of benzene rings is 2. The predicted molar refractivity (Wildman–Crippen MR) is 99.0 cm³/mol. The molecule has 0 aliphatic carbocycles. The number of urea groups is 1. The monoisotopic (exact) mass is 353 g/mol. The second-order valence-electron chi connectivity index (χ2n) is 5.39. The molecule has 0 radical (unpaired) electrons. The number of amides is 2. The van der Waals surface area contributed by atoms with Crippen molar-refractivity contribution in [2.45, 2.75) is 13.0 Å². The van der Waals surface area contributed by atoms with Crippen molar-refractivity contribution in [3.05, 3.63) is 77.3 Å². The van der Waals surface area contributed by atoms with Crippen LogP contribution in [0.15, 0.2) is 66.2 Å². The number of nitrogens with one attached hydrogen (secondary N) is 2. The average molecular weight is 353 g/mol. The zero-order valence-electron chi connectivity index (χ0n) is 13.6. The zero-order chi connectivity index (χ0) is 17.3. The van der Waals surface area contributed by atoms with Crippen LogP contribution in [0.25, 0.3) is 0 Å². The fraction of sp³-hybridized carbons (Fsp3) is 0.158. The lowest BCUT2D eigenvalue weighted by Gasteiger charge is -2.08. The van der Waals surface area contributed by atoms with Gasteiger partial charge in [-0.15, -0.1) is 0 Å². The zero-order valence-corrected chi connectivity index (χ0v) is 14.5. The number of carbonyl (C=O) groups is 1. The highest BCUT2D eigenvalue weighted by atomic mass is 32.1. The lowest BCUT2D eigenvalue weighted by molar-refractivity contribution is 0.240. The third kappa shape index (κ3) is 5.61. The highest BCUT2D eigenvalue weighted by Gasteiger charge is 2.02. The smallest absolute Gasteiger partial charge is 0.315 e.